The molecule has 0 aromatic carbocycles. The first-order valence-electron chi connectivity index (χ1n) is 4.54. The molecule has 1 aliphatic heterocycles. The molecular formula is C10H11NO3. The van der Waals surface area contributed by atoms with Crippen LogP contribution in [0.4, 0.5) is 0 Å². The summed E-state index contributed by atoms with van der Waals surface area (Å²) in [6.45, 7) is 0.820. The predicted molar refractivity (Wildman–Crippen MR) is 49.5 cm³/mol. The van der Waals surface area contributed by atoms with Crippen molar-refractivity contribution < 1.29 is 14.3 Å². The lowest BCUT2D eigenvalue weighted by Gasteiger charge is -1.99. The van der Waals surface area contributed by atoms with Gasteiger partial charge in [-0.15, -0.1) is 0 Å². The van der Waals surface area contributed by atoms with Crippen molar-refractivity contribution in [3.05, 3.63) is 23.0 Å². The van der Waals surface area contributed by atoms with Crippen molar-refractivity contribution in [3.63, 3.8) is 0 Å². The van der Waals surface area contributed by atoms with Gasteiger partial charge >= 0.3 is 5.97 Å². The molecule has 1 aliphatic rings. The van der Waals surface area contributed by atoms with Crippen LogP contribution in [-0.2, 0) is 17.7 Å². The van der Waals surface area contributed by atoms with Gasteiger partial charge in [0, 0.05) is 12.2 Å². The maximum Gasteiger partial charge on any atom is 0.339 e. The highest BCUT2D eigenvalue weighted by atomic mass is 16.5. The third-order valence-electron chi connectivity index (χ3n) is 2.56. The summed E-state index contributed by atoms with van der Waals surface area (Å²) in [5.74, 6) is -0.358. The van der Waals surface area contributed by atoms with Crippen LogP contribution in [-0.4, -0.2) is 23.9 Å². The molecule has 0 spiro atoms. The molecule has 0 N–H and O–H groups in total. The van der Waals surface area contributed by atoms with Gasteiger partial charge in [0.25, 0.3) is 0 Å². The van der Waals surface area contributed by atoms with E-state index in [-0.39, 0.29) is 5.97 Å². The summed E-state index contributed by atoms with van der Waals surface area (Å²) in [4.78, 5) is 22.1. The molecule has 74 valence electrons. The fraction of sp³-hybridized carbons (Fsp3) is 0.400. The zero-order chi connectivity index (χ0) is 10.1. The first-order chi connectivity index (χ1) is 6.77. The topological polar surface area (TPSA) is 48.3 Å². The molecule has 1 aromatic rings. The Bertz CT molecular complexity index is 392. The van der Waals surface area contributed by atoms with E-state index in [4.69, 9.17) is 0 Å². The van der Waals surface area contributed by atoms with Gasteiger partial charge in [0.15, 0.2) is 6.29 Å². The van der Waals surface area contributed by atoms with E-state index < -0.39 is 0 Å². The molecule has 4 heteroatoms. The van der Waals surface area contributed by atoms with Crippen LogP contribution in [0, 0.1) is 0 Å². The number of aldehydes is 1. The van der Waals surface area contributed by atoms with E-state index >= 15 is 0 Å². The van der Waals surface area contributed by atoms with Crippen LogP contribution >= 0.6 is 0 Å². The molecule has 0 fully saturated rings. The van der Waals surface area contributed by atoms with Crippen molar-refractivity contribution in [3.8, 4) is 0 Å². The first kappa shape index (κ1) is 8.99. The van der Waals surface area contributed by atoms with E-state index in [1.54, 1.807) is 6.07 Å². The van der Waals surface area contributed by atoms with Gasteiger partial charge in [-0.2, -0.15) is 0 Å². The van der Waals surface area contributed by atoms with Crippen LogP contribution < -0.4 is 0 Å². The molecule has 0 radical (unpaired) electrons. The molecule has 2 heterocycles. The maximum absolute atomic E-state index is 11.4. The molecule has 4 nitrogen and oxygen atoms in total. The van der Waals surface area contributed by atoms with Gasteiger partial charge < -0.3 is 9.30 Å². The smallest absolute Gasteiger partial charge is 0.339 e. The van der Waals surface area contributed by atoms with E-state index in [2.05, 4.69) is 4.74 Å². The number of hydrogen-bond acceptors (Lipinski definition) is 3. The Hall–Kier alpha value is -1.58. The summed E-state index contributed by atoms with van der Waals surface area (Å²) < 4.78 is 6.54. The minimum Gasteiger partial charge on any atom is -0.465 e. The summed E-state index contributed by atoms with van der Waals surface area (Å²) >= 11 is 0. The lowest BCUT2D eigenvalue weighted by Crippen LogP contribution is -2.03. The Morgan fingerprint density at radius 1 is 1.64 bits per heavy atom. The highest BCUT2D eigenvalue weighted by molar-refractivity contribution is 5.93. The van der Waals surface area contributed by atoms with E-state index in [0.29, 0.717) is 11.3 Å². The SMILES string of the molecule is COC(=O)c1cc(C=O)n2c1CCC2. The number of aromatic nitrogens is 1. The average Bonchev–Trinajstić information content (AvgIpc) is 2.76. The standard InChI is InChI=1S/C10H11NO3/c1-14-10(13)8-5-7(6-12)11-4-2-3-9(8)11/h5-6H,2-4H2,1H3. The van der Waals surface area contributed by atoms with E-state index in [0.717, 1.165) is 31.4 Å². The number of esters is 1. The van der Waals surface area contributed by atoms with Gasteiger partial charge in [0.05, 0.1) is 18.4 Å². The van der Waals surface area contributed by atoms with Gasteiger partial charge in [0.1, 0.15) is 0 Å². The largest absolute Gasteiger partial charge is 0.465 e. The first-order valence-corrected chi connectivity index (χ1v) is 4.54. The van der Waals surface area contributed by atoms with Crippen molar-refractivity contribution in [1.82, 2.24) is 4.57 Å². The Morgan fingerprint density at radius 3 is 3.07 bits per heavy atom. The van der Waals surface area contributed by atoms with Gasteiger partial charge in [-0.3, -0.25) is 4.79 Å². The minimum atomic E-state index is -0.358. The number of nitrogens with zero attached hydrogens (tertiary/aromatic N) is 1. The number of ether oxygens (including phenoxy) is 1. The Labute approximate surface area is 81.5 Å². The number of rotatable bonds is 2. The summed E-state index contributed by atoms with van der Waals surface area (Å²) in [6.07, 6.45) is 2.61. The molecule has 0 atom stereocenters. The van der Waals surface area contributed by atoms with E-state index in [9.17, 15) is 9.59 Å². The van der Waals surface area contributed by atoms with E-state index in [1.165, 1.54) is 7.11 Å². The lowest BCUT2D eigenvalue weighted by atomic mass is 10.2. The highest BCUT2D eigenvalue weighted by Crippen LogP contribution is 2.23. The number of carbonyl (C=O) groups excluding carboxylic acids is 2. The summed E-state index contributed by atoms with van der Waals surface area (Å²) in [5, 5.41) is 0. The molecule has 0 aliphatic carbocycles. The average molecular weight is 193 g/mol. The molecule has 14 heavy (non-hydrogen) atoms. The Kier molecular flexibility index (Phi) is 2.11. The summed E-state index contributed by atoms with van der Waals surface area (Å²) in [6, 6.07) is 1.60. The van der Waals surface area contributed by atoms with Crippen LogP contribution in [0.25, 0.3) is 0 Å². The minimum absolute atomic E-state index is 0.358. The van der Waals surface area contributed by atoms with Crippen molar-refractivity contribution in [2.45, 2.75) is 19.4 Å². The second-order valence-electron chi connectivity index (χ2n) is 3.29. The van der Waals surface area contributed by atoms with Crippen molar-refractivity contribution in [2.75, 3.05) is 7.11 Å². The molecule has 2 rings (SSSR count). The van der Waals surface area contributed by atoms with E-state index in [1.807, 2.05) is 4.57 Å². The molecule has 0 amide bonds. The molecule has 0 unspecified atom stereocenters. The van der Waals surface area contributed by atoms with Crippen LogP contribution in [0.5, 0.6) is 0 Å². The van der Waals surface area contributed by atoms with Crippen LogP contribution in [0.15, 0.2) is 6.07 Å². The molecular weight excluding hydrogens is 182 g/mol. The Morgan fingerprint density at radius 2 is 2.43 bits per heavy atom. The maximum atomic E-state index is 11.4. The summed E-state index contributed by atoms with van der Waals surface area (Å²) in [5.41, 5.74) is 2.03. The van der Waals surface area contributed by atoms with Gasteiger partial charge in [-0.1, -0.05) is 0 Å². The van der Waals surface area contributed by atoms with Crippen molar-refractivity contribution in [2.24, 2.45) is 0 Å². The van der Waals surface area contributed by atoms with Crippen LogP contribution in [0.2, 0.25) is 0 Å². The lowest BCUT2D eigenvalue weighted by molar-refractivity contribution is 0.0599. The van der Waals surface area contributed by atoms with Crippen LogP contribution in [0.1, 0.15) is 33.0 Å². The normalized spacial score (nSPS) is 13.8. The number of methoxy groups -OCH3 is 1. The third-order valence-corrected chi connectivity index (χ3v) is 2.56. The van der Waals surface area contributed by atoms with Crippen molar-refractivity contribution in [1.29, 1.82) is 0 Å². The fourth-order valence-electron chi connectivity index (χ4n) is 1.93. The highest BCUT2D eigenvalue weighted by Gasteiger charge is 2.23. The van der Waals surface area contributed by atoms with Crippen LogP contribution in [0.3, 0.4) is 0 Å². The fourth-order valence-corrected chi connectivity index (χ4v) is 1.93. The Balaban J connectivity index is 2.52. The van der Waals surface area contributed by atoms with Gasteiger partial charge in [-0.25, -0.2) is 4.79 Å². The number of hydrogen-bond donors (Lipinski definition) is 0. The van der Waals surface area contributed by atoms with Gasteiger partial charge in [0.2, 0.25) is 0 Å². The number of carbonyl (C=O) groups is 2. The third kappa shape index (κ3) is 1.14. The zero-order valence-corrected chi connectivity index (χ0v) is 7.95. The quantitative estimate of drug-likeness (QED) is 0.520. The van der Waals surface area contributed by atoms with Gasteiger partial charge in [-0.05, 0) is 18.9 Å². The molecule has 1 aromatic heterocycles. The van der Waals surface area contributed by atoms with Crippen molar-refractivity contribution >= 4 is 12.3 Å². The predicted octanol–water partition coefficient (Wildman–Crippen LogP) is 1.03. The summed E-state index contributed by atoms with van der Waals surface area (Å²) in [7, 11) is 1.35. The molecule has 0 saturated carbocycles. The molecule has 0 bridgehead atoms. The molecule has 0 saturated heterocycles. The second-order valence-corrected chi connectivity index (χ2v) is 3.29. The zero-order valence-electron chi connectivity index (χ0n) is 7.95. The number of fused-ring (bicyclic) bond motifs is 1. The monoisotopic (exact) mass is 193 g/mol. The second kappa shape index (κ2) is 3.29.